The van der Waals surface area contributed by atoms with Gasteiger partial charge in [0.05, 0.1) is 5.02 Å². The number of hydrogen-bond acceptors (Lipinski definition) is 3. The highest BCUT2D eigenvalue weighted by atomic mass is 35.5. The van der Waals surface area contributed by atoms with Gasteiger partial charge < -0.3 is 20.3 Å². The molecule has 1 heterocycles. The summed E-state index contributed by atoms with van der Waals surface area (Å²) in [5.74, 6) is 0.516. The normalized spacial score (nSPS) is 14.6. The van der Waals surface area contributed by atoms with Crippen LogP contribution in [0.1, 0.15) is 37.0 Å². The standard InChI is InChI=1S/C22H26ClN3O3/c1-15(2)24-21(27)16-6-5-7-17(14-16)25-22(28)26-12-10-18(11-13-26)29-20-9-4-3-8-19(20)23/h3-9,14-15,18H,10-13H2,1-2H3,(H,24,27)(H,25,28). The predicted molar refractivity (Wildman–Crippen MR) is 115 cm³/mol. The first kappa shape index (κ1) is 21.0. The zero-order chi connectivity index (χ0) is 20.8. The minimum absolute atomic E-state index is 0.0296. The van der Waals surface area contributed by atoms with E-state index in [1.165, 1.54) is 0 Å². The van der Waals surface area contributed by atoms with Crippen molar-refractivity contribution in [1.82, 2.24) is 10.2 Å². The van der Waals surface area contributed by atoms with Crippen LogP contribution >= 0.6 is 11.6 Å². The number of rotatable bonds is 5. The molecule has 0 saturated carbocycles. The van der Waals surface area contributed by atoms with Crippen molar-refractivity contribution >= 4 is 29.2 Å². The van der Waals surface area contributed by atoms with Crippen LogP contribution in [-0.4, -0.2) is 42.1 Å². The summed E-state index contributed by atoms with van der Waals surface area (Å²) >= 11 is 6.15. The van der Waals surface area contributed by atoms with Crippen molar-refractivity contribution in [3.05, 3.63) is 59.1 Å². The van der Waals surface area contributed by atoms with Crippen LogP contribution in [-0.2, 0) is 0 Å². The fourth-order valence-corrected chi connectivity index (χ4v) is 3.36. The third kappa shape index (κ3) is 5.87. The number of para-hydroxylation sites is 1. The topological polar surface area (TPSA) is 70.7 Å². The number of nitrogens with zero attached hydrogens (tertiary/aromatic N) is 1. The highest BCUT2D eigenvalue weighted by molar-refractivity contribution is 6.32. The van der Waals surface area contributed by atoms with E-state index in [0.29, 0.717) is 35.1 Å². The van der Waals surface area contributed by atoms with E-state index < -0.39 is 0 Å². The van der Waals surface area contributed by atoms with Gasteiger partial charge in [-0.1, -0.05) is 29.8 Å². The number of piperidine rings is 1. The molecule has 0 radical (unpaired) electrons. The third-order valence-corrected chi connectivity index (χ3v) is 4.97. The molecule has 3 rings (SSSR count). The summed E-state index contributed by atoms with van der Waals surface area (Å²) in [6.07, 6.45) is 1.49. The molecule has 0 aromatic heterocycles. The Hall–Kier alpha value is -2.73. The molecule has 1 aliphatic heterocycles. The van der Waals surface area contributed by atoms with Crippen LogP contribution in [0.5, 0.6) is 5.75 Å². The predicted octanol–water partition coefficient (Wildman–Crippen LogP) is 4.55. The van der Waals surface area contributed by atoms with Crippen LogP contribution in [0.2, 0.25) is 5.02 Å². The molecule has 0 unspecified atom stereocenters. The summed E-state index contributed by atoms with van der Waals surface area (Å²) in [4.78, 5) is 26.5. The van der Waals surface area contributed by atoms with Gasteiger partial charge >= 0.3 is 6.03 Å². The van der Waals surface area contributed by atoms with Gasteiger partial charge in [-0.2, -0.15) is 0 Å². The van der Waals surface area contributed by atoms with Crippen LogP contribution in [0, 0.1) is 0 Å². The number of carbonyl (C=O) groups excluding carboxylic acids is 2. The number of hydrogen-bond donors (Lipinski definition) is 2. The summed E-state index contributed by atoms with van der Waals surface area (Å²) in [5, 5.41) is 6.32. The number of amides is 3. The third-order valence-electron chi connectivity index (χ3n) is 4.66. The quantitative estimate of drug-likeness (QED) is 0.752. The van der Waals surface area contributed by atoms with Gasteiger partial charge in [-0.25, -0.2) is 4.79 Å². The summed E-state index contributed by atoms with van der Waals surface area (Å²) in [5.41, 5.74) is 1.11. The Labute approximate surface area is 176 Å². The zero-order valence-electron chi connectivity index (χ0n) is 16.7. The number of nitrogens with one attached hydrogen (secondary N) is 2. The van der Waals surface area contributed by atoms with Gasteiger partial charge in [-0.3, -0.25) is 4.79 Å². The molecule has 2 aromatic carbocycles. The monoisotopic (exact) mass is 415 g/mol. The number of ether oxygens (including phenoxy) is 1. The molecular weight excluding hydrogens is 390 g/mol. The summed E-state index contributed by atoms with van der Waals surface area (Å²) in [6, 6.07) is 14.2. The number of likely N-dealkylation sites (tertiary alicyclic amines) is 1. The minimum atomic E-state index is -0.178. The maximum absolute atomic E-state index is 12.6. The van der Waals surface area contributed by atoms with E-state index in [9.17, 15) is 9.59 Å². The molecule has 1 aliphatic rings. The number of anilines is 1. The molecule has 0 aliphatic carbocycles. The van der Waals surface area contributed by atoms with Gasteiger partial charge in [0.15, 0.2) is 0 Å². The molecule has 7 heteroatoms. The molecule has 1 saturated heterocycles. The zero-order valence-corrected chi connectivity index (χ0v) is 17.4. The SMILES string of the molecule is CC(C)NC(=O)c1cccc(NC(=O)N2CCC(Oc3ccccc3Cl)CC2)c1. The second-order valence-corrected chi connectivity index (χ2v) is 7.78. The van der Waals surface area contributed by atoms with E-state index in [0.717, 1.165) is 12.8 Å². The number of benzene rings is 2. The first-order chi connectivity index (χ1) is 13.9. The Morgan fingerprint density at radius 1 is 1.10 bits per heavy atom. The molecule has 0 bridgehead atoms. The fourth-order valence-electron chi connectivity index (χ4n) is 3.18. The Morgan fingerprint density at radius 2 is 1.83 bits per heavy atom. The van der Waals surface area contributed by atoms with E-state index in [1.807, 2.05) is 32.0 Å². The molecule has 0 spiro atoms. The highest BCUT2D eigenvalue weighted by Gasteiger charge is 2.24. The average Bonchev–Trinajstić information content (AvgIpc) is 2.70. The molecule has 0 atom stereocenters. The number of urea groups is 1. The molecule has 2 N–H and O–H groups in total. The lowest BCUT2D eigenvalue weighted by atomic mass is 10.1. The van der Waals surface area contributed by atoms with E-state index in [-0.39, 0.29) is 24.1 Å². The van der Waals surface area contributed by atoms with Crippen molar-refractivity contribution in [2.75, 3.05) is 18.4 Å². The first-order valence-corrected chi connectivity index (χ1v) is 10.2. The lowest BCUT2D eigenvalue weighted by Gasteiger charge is -2.32. The maximum Gasteiger partial charge on any atom is 0.321 e. The van der Waals surface area contributed by atoms with Crippen LogP contribution in [0.15, 0.2) is 48.5 Å². The minimum Gasteiger partial charge on any atom is -0.489 e. The van der Waals surface area contributed by atoms with Gasteiger partial charge in [0.1, 0.15) is 11.9 Å². The van der Waals surface area contributed by atoms with Crippen LogP contribution < -0.4 is 15.4 Å². The maximum atomic E-state index is 12.6. The second kappa shape index (κ2) is 9.65. The van der Waals surface area contributed by atoms with Crippen molar-refractivity contribution in [3.8, 4) is 5.75 Å². The molecule has 1 fully saturated rings. The molecule has 154 valence electrons. The van der Waals surface area contributed by atoms with E-state index in [4.69, 9.17) is 16.3 Å². The van der Waals surface area contributed by atoms with Gasteiger partial charge in [-0.05, 0) is 44.2 Å². The van der Waals surface area contributed by atoms with Crippen LogP contribution in [0.3, 0.4) is 0 Å². The Bertz CT molecular complexity index is 864. The van der Waals surface area contributed by atoms with E-state index >= 15 is 0 Å². The number of carbonyl (C=O) groups is 2. The number of halogens is 1. The lowest BCUT2D eigenvalue weighted by Crippen LogP contribution is -2.43. The molecular formula is C22H26ClN3O3. The van der Waals surface area contributed by atoms with Gasteiger partial charge in [0, 0.05) is 43.2 Å². The van der Waals surface area contributed by atoms with Crippen LogP contribution in [0.25, 0.3) is 0 Å². The summed E-state index contributed by atoms with van der Waals surface area (Å²) in [7, 11) is 0. The van der Waals surface area contributed by atoms with Gasteiger partial charge in [-0.15, -0.1) is 0 Å². The van der Waals surface area contributed by atoms with E-state index in [1.54, 1.807) is 35.2 Å². The highest BCUT2D eigenvalue weighted by Crippen LogP contribution is 2.27. The van der Waals surface area contributed by atoms with Crippen molar-refractivity contribution < 1.29 is 14.3 Å². The van der Waals surface area contributed by atoms with Crippen LogP contribution in [0.4, 0.5) is 10.5 Å². The molecule has 6 nitrogen and oxygen atoms in total. The van der Waals surface area contributed by atoms with Gasteiger partial charge in [0.2, 0.25) is 0 Å². The molecule has 29 heavy (non-hydrogen) atoms. The van der Waals surface area contributed by atoms with Crippen molar-refractivity contribution in [2.24, 2.45) is 0 Å². The molecule has 2 aromatic rings. The average molecular weight is 416 g/mol. The summed E-state index contributed by atoms with van der Waals surface area (Å²) < 4.78 is 5.97. The van der Waals surface area contributed by atoms with Crippen molar-refractivity contribution in [2.45, 2.75) is 38.8 Å². The Kier molecular flexibility index (Phi) is 6.99. The lowest BCUT2D eigenvalue weighted by molar-refractivity contribution is 0.0943. The van der Waals surface area contributed by atoms with Crippen molar-refractivity contribution in [1.29, 1.82) is 0 Å². The Morgan fingerprint density at radius 3 is 2.52 bits per heavy atom. The fraction of sp³-hybridized carbons (Fsp3) is 0.364. The van der Waals surface area contributed by atoms with E-state index in [2.05, 4.69) is 10.6 Å². The summed E-state index contributed by atoms with van der Waals surface area (Å²) in [6.45, 7) is 4.99. The second-order valence-electron chi connectivity index (χ2n) is 7.37. The Balaban J connectivity index is 1.52. The first-order valence-electron chi connectivity index (χ1n) is 9.80. The van der Waals surface area contributed by atoms with Gasteiger partial charge in [0.25, 0.3) is 5.91 Å². The molecule has 3 amide bonds. The smallest absolute Gasteiger partial charge is 0.321 e. The van der Waals surface area contributed by atoms with Crippen molar-refractivity contribution in [3.63, 3.8) is 0 Å². The largest absolute Gasteiger partial charge is 0.489 e.